The molecule has 1 aromatic heterocycles. The van der Waals surface area contributed by atoms with Crippen molar-refractivity contribution in [1.29, 1.82) is 0 Å². The molecular weight excluding hydrogens is 236 g/mol. The van der Waals surface area contributed by atoms with Crippen molar-refractivity contribution in [3.63, 3.8) is 0 Å². The third kappa shape index (κ3) is 3.29. The number of nitro benzene ring substituents is 1. The number of rotatable bonds is 5. The lowest BCUT2D eigenvalue weighted by molar-refractivity contribution is -0.384. The molecule has 0 aliphatic rings. The van der Waals surface area contributed by atoms with E-state index in [4.69, 9.17) is 0 Å². The van der Waals surface area contributed by atoms with Crippen LogP contribution in [0.25, 0.3) is 0 Å². The number of hydrogen-bond donors (Lipinski definition) is 1. The van der Waals surface area contributed by atoms with E-state index in [9.17, 15) is 10.1 Å². The molecule has 1 aromatic carbocycles. The van der Waals surface area contributed by atoms with Crippen LogP contribution in [0.2, 0.25) is 0 Å². The van der Waals surface area contributed by atoms with Gasteiger partial charge in [0.2, 0.25) is 0 Å². The van der Waals surface area contributed by atoms with Gasteiger partial charge in [0.1, 0.15) is 0 Å². The van der Waals surface area contributed by atoms with E-state index in [-0.39, 0.29) is 5.69 Å². The summed E-state index contributed by atoms with van der Waals surface area (Å²) in [4.78, 5) is 10.1. The Labute approximate surface area is 103 Å². The van der Waals surface area contributed by atoms with Crippen molar-refractivity contribution in [3.05, 3.63) is 56.8 Å². The van der Waals surface area contributed by atoms with Gasteiger partial charge in [0.05, 0.1) is 4.92 Å². The summed E-state index contributed by atoms with van der Waals surface area (Å²) in [6.07, 6.45) is 0.959. The molecule has 0 unspecified atom stereocenters. The van der Waals surface area contributed by atoms with Gasteiger partial charge in [-0.05, 0) is 40.9 Å². The largest absolute Gasteiger partial charge is 0.385 e. The maximum atomic E-state index is 10.5. The van der Waals surface area contributed by atoms with Crippen LogP contribution in [-0.4, -0.2) is 11.5 Å². The lowest BCUT2D eigenvalue weighted by Gasteiger charge is -2.04. The number of benzene rings is 1. The van der Waals surface area contributed by atoms with Gasteiger partial charge >= 0.3 is 0 Å². The third-order valence-electron chi connectivity index (χ3n) is 2.40. The Morgan fingerprint density at radius 2 is 2.00 bits per heavy atom. The quantitative estimate of drug-likeness (QED) is 0.652. The van der Waals surface area contributed by atoms with Gasteiger partial charge in [-0.3, -0.25) is 10.1 Å². The number of nitro groups is 1. The van der Waals surface area contributed by atoms with Gasteiger partial charge in [0.25, 0.3) is 5.69 Å². The highest BCUT2D eigenvalue weighted by atomic mass is 32.1. The van der Waals surface area contributed by atoms with Crippen molar-refractivity contribution in [3.8, 4) is 0 Å². The van der Waals surface area contributed by atoms with Crippen molar-refractivity contribution in [1.82, 2.24) is 0 Å². The molecule has 0 saturated carbocycles. The van der Waals surface area contributed by atoms with Crippen LogP contribution in [-0.2, 0) is 6.42 Å². The second-order valence-electron chi connectivity index (χ2n) is 3.61. The number of non-ortho nitro benzene ring substituents is 1. The van der Waals surface area contributed by atoms with E-state index in [1.807, 2.05) is 0 Å². The lowest BCUT2D eigenvalue weighted by Crippen LogP contribution is -2.04. The first kappa shape index (κ1) is 11.6. The topological polar surface area (TPSA) is 55.2 Å². The van der Waals surface area contributed by atoms with Crippen molar-refractivity contribution in [2.75, 3.05) is 11.9 Å². The monoisotopic (exact) mass is 248 g/mol. The average molecular weight is 248 g/mol. The molecule has 5 heteroatoms. The normalized spacial score (nSPS) is 10.1. The highest BCUT2D eigenvalue weighted by molar-refractivity contribution is 7.07. The van der Waals surface area contributed by atoms with Crippen molar-refractivity contribution >= 4 is 22.7 Å². The molecule has 0 spiro atoms. The van der Waals surface area contributed by atoms with E-state index >= 15 is 0 Å². The first-order chi connectivity index (χ1) is 8.25. The van der Waals surface area contributed by atoms with Crippen LogP contribution >= 0.6 is 11.3 Å². The summed E-state index contributed by atoms with van der Waals surface area (Å²) in [7, 11) is 0. The van der Waals surface area contributed by atoms with E-state index in [1.54, 1.807) is 23.5 Å². The van der Waals surface area contributed by atoms with Gasteiger partial charge in [-0.1, -0.05) is 0 Å². The maximum absolute atomic E-state index is 10.5. The molecular formula is C12H12N2O2S. The average Bonchev–Trinajstić information content (AvgIpc) is 2.83. The Morgan fingerprint density at radius 1 is 1.24 bits per heavy atom. The summed E-state index contributed by atoms with van der Waals surface area (Å²) >= 11 is 1.69. The van der Waals surface area contributed by atoms with Gasteiger partial charge in [-0.25, -0.2) is 0 Å². The molecule has 0 radical (unpaired) electrons. The van der Waals surface area contributed by atoms with Crippen LogP contribution in [0.4, 0.5) is 11.4 Å². The molecule has 0 bridgehead atoms. The van der Waals surface area contributed by atoms with Crippen molar-refractivity contribution in [2.45, 2.75) is 6.42 Å². The van der Waals surface area contributed by atoms with Gasteiger partial charge in [0, 0.05) is 24.4 Å². The molecule has 0 amide bonds. The number of nitrogens with zero attached hydrogens (tertiary/aromatic N) is 1. The zero-order chi connectivity index (χ0) is 12.1. The molecule has 0 aliphatic carbocycles. The molecule has 4 nitrogen and oxygen atoms in total. The van der Waals surface area contributed by atoms with E-state index in [0.29, 0.717) is 0 Å². The van der Waals surface area contributed by atoms with Gasteiger partial charge in [0.15, 0.2) is 0 Å². The summed E-state index contributed by atoms with van der Waals surface area (Å²) in [5.41, 5.74) is 2.34. The molecule has 0 saturated heterocycles. The van der Waals surface area contributed by atoms with E-state index in [2.05, 4.69) is 22.1 Å². The van der Waals surface area contributed by atoms with E-state index < -0.39 is 4.92 Å². The Morgan fingerprint density at radius 3 is 2.59 bits per heavy atom. The Hall–Kier alpha value is -1.88. The minimum absolute atomic E-state index is 0.119. The summed E-state index contributed by atoms with van der Waals surface area (Å²) in [5.74, 6) is 0. The fourth-order valence-electron chi connectivity index (χ4n) is 1.49. The highest BCUT2D eigenvalue weighted by Crippen LogP contribution is 2.15. The molecule has 2 aromatic rings. The molecule has 17 heavy (non-hydrogen) atoms. The fraction of sp³-hybridized carbons (Fsp3) is 0.167. The van der Waals surface area contributed by atoms with Crippen LogP contribution in [0, 0.1) is 10.1 Å². The fourth-order valence-corrected chi connectivity index (χ4v) is 2.19. The Balaban J connectivity index is 1.85. The summed E-state index contributed by atoms with van der Waals surface area (Å²) in [6.45, 7) is 0.828. The van der Waals surface area contributed by atoms with E-state index in [1.165, 1.54) is 17.7 Å². The number of hydrogen-bond acceptors (Lipinski definition) is 4. The van der Waals surface area contributed by atoms with Crippen molar-refractivity contribution in [2.24, 2.45) is 0 Å². The minimum atomic E-state index is -0.394. The SMILES string of the molecule is O=[N+]([O-])c1ccc(NCCc2ccsc2)cc1. The third-order valence-corrected chi connectivity index (χ3v) is 3.13. The molecule has 2 rings (SSSR count). The van der Waals surface area contributed by atoms with Crippen LogP contribution in [0.3, 0.4) is 0 Å². The highest BCUT2D eigenvalue weighted by Gasteiger charge is 2.03. The second-order valence-corrected chi connectivity index (χ2v) is 4.39. The van der Waals surface area contributed by atoms with Crippen LogP contribution < -0.4 is 5.32 Å². The first-order valence-electron chi connectivity index (χ1n) is 5.25. The predicted molar refractivity (Wildman–Crippen MR) is 69.6 cm³/mol. The van der Waals surface area contributed by atoms with Gasteiger partial charge < -0.3 is 5.32 Å². The van der Waals surface area contributed by atoms with Gasteiger partial charge in [-0.2, -0.15) is 11.3 Å². The molecule has 1 N–H and O–H groups in total. The van der Waals surface area contributed by atoms with Gasteiger partial charge in [-0.15, -0.1) is 0 Å². The maximum Gasteiger partial charge on any atom is 0.269 e. The standard InChI is InChI=1S/C12H12N2O2S/c15-14(16)12-3-1-11(2-4-12)13-7-5-10-6-8-17-9-10/h1-4,6,8-9,13H,5,7H2. The second kappa shape index (κ2) is 5.45. The van der Waals surface area contributed by atoms with Crippen LogP contribution in [0.1, 0.15) is 5.56 Å². The number of anilines is 1. The smallest absolute Gasteiger partial charge is 0.269 e. The first-order valence-corrected chi connectivity index (χ1v) is 6.19. The zero-order valence-corrected chi connectivity index (χ0v) is 9.94. The molecule has 88 valence electrons. The Kier molecular flexibility index (Phi) is 3.72. The van der Waals surface area contributed by atoms with Crippen molar-refractivity contribution < 1.29 is 4.92 Å². The molecule has 1 heterocycles. The molecule has 0 atom stereocenters. The van der Waals surface area contributed by atoms with Crippen LogP contribution in [0.5, 0.6) is 0 Å². The van der Waals surface area contributed by atoms with E-state index in [0.717, 1.165) is 18.7 Å². The van der Waals surface area contributed by atoms with Crippen LogP contribution in [0.15, 0.2) is 41.1 Å². The predicted octanol–water partition coefficient (Wildman–Crippen LogP) is 3.31. The zero-order valence-electron chi connectivity index (χ0n) is 9.13. The molecule has 0 aliphatic heterocycles. The number of thiophene rings is 1. The lowest BCUT2D eigenvalue weighted by atomic mass is 10.2. The summed E-state index contributed by atoms with van der Waals surface area (Å²) in [6, 6.07) is 8.57. The summed E-state index contributed by atoms with van der Waals surface area (Å²) in [5, 5.41) is 17.9. The minimum Gasteiger partial charge on any atom is -0.385 e. The summed E-state index contributed by atoms with van der Waals surface area (Å²) < 4.78 is 0. The Bertz CT molecular complexity index is 480. The number of nitrogens with one attached hydrogen (secondary N) is 1. The molecule has 0 fully saturated rings.